The molecule has 2 N–H and O–H groups in total. The number of hydrogen-bond donors (Lipinski definition) is 2. The van der Waals surface area contributed by atoms with Crippen molar-refractivity contribution in [3.63, 3.8) is 0 Å². The van der Waals surface area contributed by atoms with Crippen molar-refractivity contribution in [2.45, 2.75) is 44.3 Å². The summed E-state index contributed by atoms with van der Waals surface area (Å²) in [6.45, 7) is 2.02. The third kappa shape index (κ3) is 4.41. The molecule has 132 valence electrons. The number of rotatable bonds is 4. The highest BCUT2D eigenvalue weighted by molar-refractivity contribution is 6.30. The van der Waals surface area contributed by atoms with Crippen molar-refractivity contribution in [2.24, 2.45) is 0 Å². The molecule has 2 aliphatic heterocycles. The molecule has 0 spiro atoms. The Balaban J connectivity index is 0.00000208. The fourth-order valence-electron chi connectivity index (χ4n) is 3.31. The van der Waals surface area contributed by atoms with Crippen LogP contribution in [0.25, 0.3) is 0 Å². The number of benzene rings is 1. The summed E-state index contributed by atoms with van der Waals surface area (Å²) in [4.78, 5) is 26.8. The quantitative estimate of drug-likeness (QED) is 0.851. The van der Waals surface area contributed by atoms with Crippen LogP contribution in [-0.4, -0.2) is 41.9 Å². The molecule has 2 saturated heterocycles. The Morgan fingerprint density at radius 2 is 1.96 bits per heavy atom. The Hall–Kier alpha value is -1.30. The molecule has 0 aromatic heterocycles. The number of nitrogens with one attached hydrogen (secondary N) is 2. The first kappa shape index (κ1) is 19.0. The van der Waals surface area contributed by atoms with Crippen molar-refractivity contribution in [3.8, 4) is 0 Å². The van der Waals surface area contributed by atoms with Gasteiger partial charge in [-0.05, 0) is 49.9 Å². The largest absolute Gasteiger partial charge is 0.350 e. The predicted octanol–water partition coefficient (Wildman–Crippen LogP) is 2.12. The van der Waals surface area contributed by atoms with Gasteiger partial charge >= 0.3 is 0 Å². The zero-order valence-electron chi connectivity index (χ0n) is 13.5. The van der Waals surface area contributed by atoms with Crippen LogP contribution in [0, 0.1) is 0 Å². The van der Waals surface area contributed by atoms with Crippen molar-refractivity contribution < 1.29 is 9.59 Å². The topological polar surface area (TPSA) is 61.4 Å². The van der Waals surface area contributed by atoms with E-state index in [2.05, 4.69) is 10.6 Å². The minimum Gasteiger partial charge on any atom is -0.350 e. The number of likely N-dealkylation sites (tertiary alicyclic amines) is 1. The molecule has 0 radical (unpaired) electrons. The monoisotopic (exact) mass is 371 g/mol. The van der Waals surface area contributed by atoms with Gasteiger partial charge in [-0.15, -0.1) is 12.4 Å². The van der Waals surface area contributed by atoms with Crippen LogP contribution in [0.4, 0.5) is 0 Å². The molecule has 1 aromatic carbocycles. The Morgan fingerprint density at radius 3 is 2.62 bits per heavy atom. The van der Waals surface area contributed by atoms with E-state index in [1.165, 1.54) is 0 Å². The second-order valence-electron chi connectivity index (χ2n) is 6.18. The van der Waals surface area contributed by atoms with Crippen LogP contribution in [0.15, 0.2) is 24.3 Å². The first-order valence-electron chi connectivity index (χ1n) is 8.21. The van der Waals surface area contributed by atoms with E-state index >= 15 is 0 Å². The van der Waals surface area contributed by atoms with Crippen LogP contribution < -0.4 is 10.6 Å². The minimum atomic E-state index is -0.336. The summed E-state index contributed by atoms with van der Waals surface area (Å²) in [5.41, 5.74) is 0.996. The first-order valence-corrected chi connectivity index (χ1v) is 8.59. The number of carbonyl (C=O) groups is 2. The van der Waals surface area contributed by atoms with Crippen LogP contribution in [0.5, 0.6) is 0 Å². The lowest BCUT2D eigenvalue weighted by Crippen LogP contribution is -2.50. The molecule has 7 heteroatoms. The van der Waals surface area contributed by atoms with Crippen molar-refractivity contribution in [1.82, 2.24) is 15.5 Å². The maximum atomic E-state index is 12.5. The number of nitrogens with zero attached hydrogens (tertiary/aromatic N) is 1. The van der Waals surface area contributed by atoms with Crippen molar-refractivity contribution in [3.05, 3.63) is 34.9 Å². The van der Waals surface area contributed by atoms with Gasteiger partial charge in [-0.3, -0.25) is 9.59 Å². The zero-order chi connectivity index (χ0) is 16.2. The van der Waals surface area contributed by atoms with Gasteiger partial charge in [0.05, 0.1) is 6.04 Å². The van der Waals surface area contributed by atoms with Gasteiger partial charge < -0.3 is 15.5 Å². The van der Waals surface area contributed by atoms with Crippen molar-refractivity contribution in [1.29, 1.82) is 0 Å². The molecule has 0 aliphatic carbocycles. The van der Waals surface area contributed by atoms with Crippen LogP contribution in [0.2, 0.25) is 5.02 Å². The Labute approximate surface area is 153 Å². The van der Waals surface area contributed by atoms with Gasteiger partial charge in [0.1, 0.15) is 6.04 Å². The number of carbonyl (C=O) groups excluding carboxylic acids is 2. The van der Waals surface area contributed by atoms with Gasteiger partial charge in [-0.25, -0.2) is 0 Å². The SMILES string of the molecule is Cl.O=C(NCc1ccc(Cl)cc1)C1CCCN1C(=O)C1CCCN1. The van der Waals surface area contributed by atoms with E-state index in [9.17, 15) is 9.59 Å². The number of hydrogen-bond acceptors (Lipinski definition) is 3. The molecule has 3 rings (SSSR count). The summed E-state index contributed by atoms with van der Waals surface area (Å²) in [5, 5.41) is 6.84. The second kappa shape index (κ2) is 8.70. The van der Waals surface area contributed by atoms with E-state index in [-0.39, 0.29) is 36.3 Å². The standard InChI is InChI=1S/C17H22ClN3O2.ClH/c18-13-7-5-12(6-8-13)11-20-16(22)15-4-2-10-21(15)17(23)14-3-1-9-19-14;/h5-8,14-15,19H,1-4,9-11H2,(H,20,22);1H. The molecule has 2 unspecified atom stereocenters. The average Bonchev–Trinajstić information content (AvgIpc) is 3.24. The van der Waals surface area contributed by atoms with Gasteiger partial charge in [0.2, 0.25) is 11.8 Å². The van der Waals surface area contributed by atoms with E-state index in [1.807, 2.05) is 12.1 Å². The van der Waals surface area contributed by atoms with Crippen LogP contribution in [0.1, 0.15) is 31.2 Å². The van der Waals surface area contributed by atoms with E-state index < -0.39 is 0 Å². The maximum absolute atomic E-state index is 12.5. The van der Waals surface area contributed by atoms with E-state index in [4.69, 9.17) is 11.6 Å². The van der Waals surface area contributed by atoms with Gasteiger partial charge in [0.25, 0.3) is 0 Å². The fraction of sp³-hybridized carbons (Fsp3) is 0.529. The summed E-state index contributed by atoms with van der Waals surface area (Å²) in [7, 11) is 0. The minimum absolute atomic E-state index is 0. The zero-order valence-corrected chi connectivity index (χ0v) is 15.0. The van der Waals surface area contributed by atoms with Gasteiger partial charge in [-0.2, -0.15) is 0 Å². The molecule has 5 nitrogen and oxygen atoms in total. The highest BCUT2D eigenvalue weighted by atomic mass is 35.5. The van der Waals surface area contributed by atoms with Crippen molar-refractivity contribution in [2.75, 3.05) is 13.1 Å². The highest BCUT2D eigenvalue weighted by Crippen LogP contribution is 2.21. The van der Waals surface area contributed by atoms with Crippen LogP contribution in [0.3, 0.4) is 0 Å². The van der Waals surface area contributed by atoms with E-state index in [1.54, 1.807) is 17.0 Å². The Morgan fingerprint density at radius 1 is 1.21 bits per heavy atom. The summed E-state index contributed by atoms with van der Waals surface area (Å²) in [6, 6.07) is 6.95. The first-order chi connectivity index (χ1) is 11.1. The van der Waals surface area contributed by atoms with Crippen LogP contribution in [-0.2, 0) is 16.1 Å². The molecule has 2 amide bonds. The molecule has 2 aliphatic rings. The van der Waals surface area contributed by atoms with Crippen LogP contribution >= 0.6 is 24.0 Å². The smallest absolute Gasteiger partial charge is 0.243 e. The average molecular weight is 372 g/mol. The summed E-state index contributed by atoms with van der Waals surface area (Å²) in [5.74, 6) is 0.00967. The lowest BCUT2D eigenvalue weighted by atomic mass is 10.1. The normalized spacial score (nSPS) is 23.0. The summed E-state index contributed by atoms with van der Waals surface area (Å²) in [6.07, 6.45) is 3.52. The fourth-order valence-corrected chi connectivity index (χ4v) is 3.43. The van der Waals surface area contributed by atoms with E-state index in [0.717, 1.165) is 37.8 Å². The number of halogens is 2. The lowest BCUT2D eigenvalue weighted by molar-refractivity contribution is -0.139. The molecule has 1 aromatic rings. The van der Waals surface area contributed by atoms with Gasteiger partial charge in [-0.1, -0.05) is 23.7 Å². The van der Waals surface area contributed by atoms with Gasteiger partial charge in [0, 0.05) is 18.1 Å². The summed E-state index contributed by atoms with van der Waals surface area (Å²) < 4.78 is 0. The predicted molar refractivity (Wildman–Crippen MR) is 96.3 cm³/mol. The second-order valence-corrected chi connectivity index (χ2v) is 6.62. The molecule has 0 saturated carbocycles. The Bertz CT molecular complexity index is 574. The molecule has 0 bridgehead atoms. The molecule has 24 heavy (non-hydrogen) atoms. The summed E-state index contributed by atoms with van der Waals surface area (Å²) >= 11 is 5.86. The maximum Gasteiger partial charge on any atom is 0.243 e. The molecular weight excluding hydrogens is 349 g/mol. The number of amides is 2. The Kier molecular flexibility index (Phi) is 6.90. The third-order valence-corrected chi connectivity index (χ3v) is 4.83. The lowest BCUT2D eigenvalue weighted by Gasteiger charge is -2.26. The van der Waals surface area contributed by atoms with E-state index in [0.29, 0.717) is 18.1 Å². The molecule has 2 heterocycles. The van der Waals surface area contributed by atoms with Crippen molar-refractivity contribution >= 4 is 35.8 Å². The molecule has 2 atom stereocenters. The molecule has 2 fully saturated rings. The van der Waals surface area contributed by atoms with Gasteiger partial charge in [0.15, 0.2) is 0 Å². The third-order valence-electron chi connectivity index (χ3n) is 4.58. The molecular formula is C17H23Cl2N3O2. The highest BCUT2D eigenvalue weighted by Gasteiger charge is 2.37.